The van der Waals surface area contributed by atoms with Gasteiger partial charge in [0.2, 0.25) is 0 Å². The van der Waals surface area contributed by atoms with E-state index < -0.39 is 0 Å². The molecule has 3 aromatic rings. The smallest absolute Gasteiger partial charge is 0.134 e. The van der Waals surface area contributed by atoms with Crippen LogP contribution < -0.4 is 10.2 Å². The van der Waals surface area contributed by atoms with E-state index in [9.17, 15) is 0 Å². The van der Waals surface area contributed by atoms with E-state index in [-0.39, 0.29) is 0 Å². The highest BCUT2D eigenvalue weighted by Gasteiger charge is 2.18. The minimum atomic E-state index is 0.767. The first-order valence-corrected chi connectivity index (χ1v) is 9.89. The Morgan fingerprint density at radius 2 is 1.64 bits per heavy atom. The van der Waals surface area contributed by atoms with Gasteiger partial charge in [-0.25, -0.2) is 9.97 Å². The fourth-order valence-corrected chi connectivity index (χ4v) is 3.61. The van der Waals surface area contributed by atoms with E-state index in [2.05, 4.69) is 92.7 Å². The highest BCUT2D eigenvalue weighted by molar-refractivity contribution is 5.49. The minimum absolute atomic E-state index is 0.767. The normalized spacial score (nSPS) is 14.8. The molecule has 0 unspecified atom stereocenters. The van der Waals surface area contributed by atoms with Gasteiger partial charge >= 0.3 is 0 Å². The lowest BCUT2D eigenvalue weighted by atomic mass is 10.1. The number of aromatic nitrogens is 2. The van der Waals surface area contributed by atoms with E-state index in [1.165, 1.54) is 16.7 Å². The van der Waals surface area contributed by atoms with Crippen LogP contribution in [0.4, 0.5) is 11.6 Å². The van der Waals surface area contributed by atoms with Gasteiger partial charge in [0.05, 0.1) is 0 Å². The Labute approximate surface area is 167 Å². The zero-order chi connectivity index (χ0) is 19.2. The Kier molecular flexibility index (Phi) is 5.83. The first-order valence-electron chi connectivity index (χ1n) is 9.89. The summed E-state index contributed by atoms with van der Waals surface area (Å²) in [6, 6.07) is 21.3. The predicted octanol–water partition coefficient (Wildman–Crippen LogP) is 3.72. The first kappa shape index (κ1) is 18.4. The van der Waals surface area contributed by atoms with E-state index in [0.717, 1.165) is 50.9 Å². The van der Waals surface area contributed by atoms with Crippen molar-refractivity contribution in [3.8, 4) is 0 Å². The Morgan fingerprint density at radius 3 is 2.43 bits per heavy atom. The van der Waals surface area contributed by atoms with E-state index in [1.807, 2.05) is 0 Å². The van der Waals surface area contributed by atoms with Gasteiger partial charge in [0.1, 0.15) is 18.0 Å². The standard InChI is InChI=1S/C23H27N5/c1-19-6-5-9-21(14-19)16-24-22-15-23(26-18-25-22)28-12-10-27(11-13-28)17-20-7-3-2-4-8-20/h2-9,14-15,18H,10-13,16-17H2,1H3,(H,24,25,26). The number of hydrogen-bond acceptors (Lipinski definition) is 5. The third kappa shape index (κ3) is 4.87. The highest BCUT2D eigenvalue weighted by Crippen LogP contribution is 2.18. The topological polar surface area (TPSA) is 44.3 Å². The number of hydrogen-bond donors (Lipinski definition) is 1. The van der Waals surface area contributed by atoms with Crippen LogP contribution in [0.15, 0.2) is 67.0 Å². The summed E-state index contributed by atoms with van der Waals surface area (Å²) in [7, 11) is 0. The quantitative estimate of drug-likeness (QED) is 0.713. The summed E-state index contributed by atoms with van der Waals surface area (Å²) >= 11 is 0. The largest absolute Gasteiger partial charge is 0.366 e. The summed E-state index contributed by atoms with van der Waals surface area (Å²) in [4.78, 5) is 13.7. The highest BCUT2D eigenvalue weighted by atomic mass is 15.3. The average molecular weight is 374 g/mol. The zero-order valence-electron chi connectivity index (χ0n) is 16.4. The number of piperazine rings is 1. The van der Waals surface area contributed by atoms with Crippen molar-refractivity contribution in [1.82, 2.24) is 14.9 Å². The molecule has 1 saturated heterocycles. The third-order valence-corrected chi connectivity index (χ3v) is 5.15. The van der Waals surface area contributed by atoms with Crippen molar-refractivity contribution < 1.29 is 0 Å². The molecule has 1 aliphatic rings. The second kappa shape index (κ2) is 8.85. The summed E-state index contributed by atoms with van der Waals surface area (Å²) in [5.41, 5.74) is 3.91. The number of aryl methyl sites for hydroxylation is 1. The molecule has 28 heavy (non-hydrogen) atoms. The van der Waals surface area contributed by atoms with E-state index in [4.69, 9.17) is 0 Å². The molecule has 0 atom stereocenters. The summed E-state index contributed by atoms with van der Waals surface area (Å²) in [6.45, 7) is 7.96. The van der Waals surface area contributed by atoms with Gasteiger partial charge in [-0.3, -0.25) is 4.90 Å². The Bertz CT molecular complexity index is 888. The Morgan fingerprint density at radius 1 is 0.857 bits per heavy atom. The molecule has 2 heterocycles. The molecule has 1 aromatic heterocycles. The maximum absolute atomic E-state index is 4.50. The lowest BCUT2D eigenvalue weighted by Crippen LogP contribution is -2.46. The molecule has 4 rings (SSSR count). The van der Waals surface area contributed by atoms with Gasteiger partial charge in [-0.1, -0.05) is 60.2 Å². The lowest BCUT2D eigenvalue weighted by molar-refractivity contribution is 0.249. The van der Waals surface area contributed by atoms with Crippen molar-refractivity contribution in [2.24, 2.45) is 0 Å². The molecule has 0 saturated carbocycles. The van der Waals surface area contributed by atoms with Crippen molar-refractivity contribution in [2.45, 2.75) is 20.0 Å². The van der Waals surface area contributed by atoms with Crippen molar-refractivity contribution in [3.05, 3.63) is 83.7 Å². The summed E-state index contributed by atoms with van der Waals surface area (Å²) < 4.78 is 0. The molecule has 5 nitrogen and oxygen atoms in total. The monoisotopic (exact) mass is 373 g/mol. The molecule has 0 aliphatic carbocycles. The number of nitrogens with one attached hydrogen (secondary N) is 1. The summed E-state index contributed by atoms with van der Waals surface area (Å²) in [5.74, 6) is 1.87. The van der Waals surface area contributed by atoms with Gasteiger partial charge in [-0.15, -0.1) is 0 Å². The Hall–Kier alpha value is -2.92. The average Bonchev–Trinajstić information content (AvgIpc) is 2.74. The van der Waals surface area contributed by atoms with Crippen molar-refractivity contribution >= 4 is 11.6 Å². The maximum Gasteiger partial charge on any atom is 0.134 e. The molecule has 144 valence electrons. The minimum Gasteiger partial charge on any atom is -0.366 e. The zero-order valence-corrected chi connectivity index (χ0v) is 16.4. The van der Waals surface area contributed by atoms with Crippen molar-refractivity contribution in [2.75, 3.05) is 36.4 Å². The molecule has 2 aromatic carbocycles. The van der Waals surface area contributed by atoms with Crippen LogP contribution in [0.3, 0.4) is 0 Å². The molecule has 1 aliphatic heterocycles. The van der Waals surface area contributed by atoms with E-state index in [0.29, 0.717) is 0 Å². The molecule has 0 spiro atoms. The summed E-state index contributed by atoms with van der Waals surface area (Å²) in [5, 5.41) is 3.42. The fraction of sp³-hybridized carbons (Fsp3) is 0.304. The van der Waals surface area contributed by atoms with Crippen molar-refractivity contribution in [1.29, 1.82) is 0 Å². The summed E-state index contributed by atoms with van der Waals surface area (Å²) in [6.07, 6.45) is 1.66. The molecule has 1 fully saturated rings. The number of anilines is 2. The molecular weight excluding hydrogens is 346 g/mol. The van der Waals surface area contributed by atoms with Crippen molar-refractivity contribution in [3.63, 3.8) is 0 Å². The van der Waals surface area contributed by atoms with E-state index in [1.54, 1.807) is 6.33 Å². The SMILES string of the molecule is Cc1cccc(CNc2cc(N3CCN(Cc4ccccc4)CC3)ncn2)c1. The molecule has 5 heteroatoms. The molecule has 0 bridgehead atoms. The fourth-order valence-electron chi connectivity index (χ4n) is 3.61. The molecule has 0 radical (unpaired) electrons. The van der Waals surface area contributed by atoms with Crippen LogP contribution in [0.1, 0.15) is 16.7 Å². The van der Waals surface area contributed by atoms with Gasteiger partial charge in [0.25, 0.3) is 0 Å². The van der Waals surface area contributed by atoms with Crippen LogP contribution in [0.25, 0.3) is 0 Å². The first-order chi connectivity index (χ1) is 13.8. The van der Waals surface area contributed by atoms with Gasteiger partial charge in [0, 0.05) is 45.3 Å². The number of benzene rings is 2. The van der Waals surface area contributed by atoms with E-state index >= 15 is 0 Å². The second-order valence-corrected chi connectivity index (χ2v) is 7.35. The Balaban J connectivity index is 1.32. The number of nitrogens with zero attached hydrogens (tertiary/aromatic N) is 4. The van der Waals surface area contributed by atoms with Gasteiger partial charge < -0.3 is 10.2 Å². The predicted molar refractivity (Wildman–Crippen MR) is 114 cm³/mol. The van der Waals surface area contributed by atoms with Crippen LogP contribution >= 0.6 is 0 Å². The van der Waals surface area contributed by atoms with Crippen LogP contribution in [-0.4, -0.2) is 41.0 Å². The second-order valence-electron chi connectivity index (χ2n) is 7.35. The van der Waals surface area contributed by atoms with Gasteiger partial charge in [-0.2, -0.15) is 0 Å². The van der Waals surface area contributed by atoms with Gasteiger partial charge in [0.15, 0.2) is 0 Å². The third-order valence-electron chi connectivity index (χ3n) is 5.15. The number of rotatable bonds is 6. The lowest BCUT2D eigenvalue weighted by Gasteiger charge is -2.35. The van der Waals surface area contributed by atoms with Crippen LogP contribution in [0.2, 0.25) is 0 Å². The molecular formula is C23H27N5. The van der Waals surface area contributed by atoms with Crippen LogP contribution in [0.5, 0.6) is 0 Å². The maximum atomic E-state index is 4.50. The van der Waals surface area contributed by atoms with Gasteiger partial charge in [-0.05, 0) is 18.1 Å². The van der Waals surface area contributed by atoms with Crippen LogP contribution in [0, 0.1) is 6.92 Å². The molecule has 1 N–H and O–H groups in total. The molecule has 0 amide bonds. The van der Waals surface area contributed by atoms with Crippen LogP contribution in [-0.2, 0) is 13.1 Å².